The second-order valence-corrected chi connectivity index (χ2v) is 8.27. The van der Waals surface area contributed by atoms with Crippen LogP contribution in [0.5, 0.6) is 0 Å². The zero-order valence-electron chi connectivity index (χ0n) is 17.6. The maximum atomic E-state index is 13.4. The Bertz CT molecular complexity index is 1080. The number of benzene rings is 1. The van der Waals surface area contributed by atoms with E-state index in [0.717, 1.165) is 35.4 Å². The third-order valence-electron chi connectivity index (χ3n) is 5.43. The average molecular weight is 425 g/mol. The fraction of sp³-hybridized carbons (Fsp3) is 0.364. The van der Waals surface area contributed by atoms with E-state index >= 15 is 0 Å². The van der Waals surface area contributed by atoms with E-state index in [0.29, 0.717) is 23.1 Å². The number of nitrogens with zero attached hydrogens (tertiary/aromatic N) is 6. The van der Waals surface area contributed by atoms with Gasteiger partial charge in [0, 0.05) is 50.7 Å². The van der Waals surface area contributed by atoms with Crippen molar-refractivity contribution in [3.63, 3.8) is 0 Å². The molecule has 7 nitrogen and oxygen atoms in total. The molecule has 0 radical (unpaired) electrons. The van der Waals surface area contributed by atoms with Crippen molar-refractivity contribution in [1.29, 1.82) is 0 Å². The van der Waals surface area contributed by atoms with Gasteiger partial charge in [-0.3, -0.25) is 9.48 Å². The standard InChI is InChI=1S/C22H25ClN6O/c1-14-18(13-28(4)26-14)21(30)29-11-5-6-19(29)20-17(12-24-22(25-20)27(2)3)15-7-9-16(23)10-8-15/h7-10,12-13,19H,5-6,11H2,1-4H3. The lowest BCUT2D eigenvalue weighted by Crippen LogP contribution is -2.32. The van der Waals surface area contributed by atoms with Crippen molar-refractivity contribution in [2.75, 3.05) is 25.5 Å². The van der Waals surface area contributed by atoms with Crippen molar-refractivity contribution in [3.05, 3.63) is 58.6 Å². The first-order chi connectivity index (χ1) is 14.3. The topological polar surface area (TPSA) is 67.2 Å². The van der Waals surface area contributed by atoms with Gasteiger partial charge in [0.2, 0.25) is 5.95 Å². The first-order valence-electron chi connectivity index (χ1n) is 9.96. The molecule has 3 heterocycles. The lowest BCUT2D eigenvalue weighted by atomic mass is 9.99. The molecule has 0 spiro atoms. The Morgan fingerprint density at radius 2 is 1.97 bits per heavy atom. The van der Waals surface area contributed by atoms with Gasteiger partial charge in [-0.15, -0.1) is 0 Å². The second-order valence-electron chi connectivity index (χ2n) is 7.83. The molecule has 1 unspecified atom stereocenters. The van der Waals surface area contributed by atoms with E-state index in [9.17, 15) is 4.79 Å². The molecule has 156 valence electrons. The molecule has 1 fully saturated rings. The number of carbonyl (C=O) groups is 1. The van der Waals surface area contributed by atoms with Crippen molar-refractivity contribution in [1.82, 2.24) is 24.6 Å². The van der Waals surface area contributed by atoms with Gasteiger partial charge in [0.15, 0.2) is 0 Å². The molecule has 0 saturated carbocycles. The van der Waals surface area contributed by atoms with Crippen LogP contribution in [0.4, 0.5) is 5.95 Å². The summed E-state index contributed by atoms with van der Waals surface area (Å²) in [4.78, 5) is 26.6. The number of likely N-dealkylation sites (tertiary alicyclic amines) is 1. The van der Waals surface area contributed by atoms with Crippen molar-refractivity contribution in [2.45, 2.75) is 25.8 Å². The Morgan fingerprint density at radius 1 is 1.23 bits per heavy atom. The van der Waals surface area contributed by atoms with Crippen LogP contribution in [0.1, 0.15) is 40.6 Å². The molecule has 4 rings (SSSR count). The molecule has 0 aliphatic carbocycles. The molecule has 30 heavy (non-hydrogen) atoms. The van der Waals surface area contributed by atoms with Crippen LogP contribution in [-0.4, -0.2) is 51.2 Å². The Balaban J connectivity index is 1.78. The highest BCUT2D eigenvalue weighted by molar-refractivity contribution is 6.30. The summed E-state index contributed by atoms with van der Waals surface area (Å²) >= 11 is 6.08. The molecule has 2 aromatic heterocycles. The SMILES string of the molecule is Cc1nn(C)cc1C(=O)N1CCCC1c1nc(N(C)C)ncc1-c1ccc(Cl)cc1. The number of amides is 1. The summed E-state index contributed by atoms with van der Waals surface area (Å²) in [7, 11) is 5.66. The van der Waals surface area contributed by atoms with Crippen molar-refractivity contribution < 1.29 is 4.79 Å². The number of anilines is 1. The molecule has 0 bridgehead atoms. The molecule has 1 saturated heterocycles. The highest BCUT2D eigenvalue weighted by atomic mass is 35.5. The van der Waals surface area contributed by atoms with E-state index in [2.05, 4.69) is 10.1 Å². The summed E-state index contributed by atoms with van der Waals surface area (Å²) < 4.78 is 1.68. The molecular formula is C22H25ClN6O. The number of aryl methyl sites for hydroxylation is 2. The first kappa shape index (κ1) is 20.3. The predicted molar refractivity (Wildman–Crippen MR) is 118 cm³/mol. The molecular weight excluding hydrogens is 400 g/mol. The lowest BCUT2D eigenvalue weighted by molar-refractivity contribution is 0.0732. The summed E-state index contributed by atoms with van der Waals surface area (Å²) in [6, 6.07) is 7.52. The van der Waals surface area contributed by atoms with E-state index in [1.807, 2.05) is 68.3 Å². The highest BCUT2D eigenvalue weighted by Crippen LogP contribution is 2.38. The summed E-state index contributed by atoms with van der Waals surface area (Å²) in [5.41, 5.74) is 4.15. The van der Waals surface area contributed by atoms with Gasteiger partial charge < -0.3 is 9.80 Å². The second kappa shape index (κ2) is 8.07. The van der Waals surface area contributed by atoms with Crippen molar-refractivity contribution in [3.8, 4) is 11.1 Å². The molecule has 1 aromatic carbocycles. The zero-order chi connectivity index (χ0) is 21.4. The average Bonchev–Trinajstić information content (AvgIpc) is 3.34. The number of hydrogen-bond acceptors (Lipinski definition) is 5. The van der Waals surface area contributed by atoms with Gasteiger partial charge in [0.05, 0.1) is 23.0 Å². The molecule has 1 amide bonds. The zero-order valence-corrected chi connectivity index (χ0v) is 18.4. The fourth-order valence-corrected chi connectivity index (χ4v) is 4.09. The quantitative estimate of drug-likeness (QED) is 0.635. The molecule has 3 aromatic rings. The molecule has 8 heteroatoms. The van der Waals surface area contributed by atoms with Gasteiger partial charge in [-0.05, 0) is 37.5 Å². The maximum Gasteiger partial charge on any atom is 0.257 e. The highest BCUT2D eigenvalue weighted by Gasteiger charge is 2.35. The summed E-state index contributed by atoms with van der Waals surface area (Å²) in [5, 5.41) is 5.01. The third-order valence-corrected chi connectivity index (χ3v) is 5.69. The fourth-order valence-electron chi connectivity index (χ4n) is 3.96. The minimum absolute atomic E-state index is 0.00447. The van der Waals surface area contributed by atoms with E-state index < -0.39 is 0 Å². The van der Waals surface area contributed by atoms with Gasteiger partial charge in [-0.1, -0.05) is 23.7 Å². The Kier molecular flexibility index (Phi) is 5.47. The number of halogens is 1. The van der Waals surface area contributed by atoms with Crippen LogP contribution < -0.4 is 4.90 Å². The van der Waals surface area contributed by atoms with Crippen LogP contribution in [0, 0.1) is 6.92 Å². The summed E-state index contributed by atoms with van der Waals surface area (Å²) in [5.74, 6) is 0.620. The third kappa shape index (κ3) is 3.77. The maximum absolute atomic E-state index is 13.4. The van der Waals surface area contributed by atoms with Crippen LogP contribution in [0.3, 0.4) is 0 Å². The first-order valence-corrected chi connectivity index (χ1v) is 10.3. The van der Waals surface area contributed by atoms with Crippen LogP contribution >= 0.6 is 11.6 Å². The number of hydrogen-bond donors (Lipinski definition) is 0. The van der Waals surface area contributed by atoms with Crippen molar-refractivity contribution in [2.24, 2.45) is 7.05 Å². The van der Waals surface area contributed by atoms with Gasteiger partial charge in [0.25, 0.3) is 5.91 Å². The Hall–Kier alpha value is -2.93. The van der Waals surface area contributed by atoms with Crippen LogP contribution in [0.2, 0.25) is 5.02 Å². The lowest BCUT2D eigenvalue weighted by Gasteiger charge is -2.26. The summed E-state index contributed by atoms with van der Waals surface area (Å²) in [6.07, 6.45) is 5.42. The number of carbonyl (C=O) groups excluding carboxylic acids is 1. The van der Waals surface area contributed by atoms with Gasteiger partial charge in [-0.2, -0.15) is 5.10 Å². The normalized spacial score (nSPS) is 16.2. The Labute approximate surface area is 181 Å². The molecule has 1 aliphatic rings. The van der Waals surface area contributed by atoms with Gasteiger partial charge in [-0.25, -0.2) is 9.97 Å². The van der Waals surface area contributed by atoms with Gasteiger partial charge in [0.1, 0.15) is 0 Å². The van der Waals surface area contributed by atoms with Crippen LogP contribution in [-0.2, 0) is 7.05 Å². The van der Waals surface area contributed by atoms with Gasteiger partial charge >= 0.3 is 0 Å². The minimum Gasteiger partial charge on any atom is -0.347 e. The van der Waals surface area contributed by atoms with Crippen LogP contribution in [0.25, 0.3) is 11.1 Å². The molecule has 1 atom stereocenters. The van der Waals surface area contributed by atoms with E-state index in [-0.39, 0.29) is 11.9 Å². The van der Waals surface area contributed by atoms with E-state index in [1.165, 1.54) is 0 Å². The Morgan fingerprint density at radius 3 is 2.60 bits per heavy atom. The number of rotatable bonds is 4. The number of aromatic nitrogens is 4. The molecule has 0 N–H and O–H groups in total. The van der Waals surface area contributed by atoms with Crippen LogP contribution in [0.15, 0.2) is 36.7 Å². The molecule has 1 aliphatic heterocycles. The van der Waals surface area contributed by atoms with E-state index in [1.54, 1.807) is 10.9 Å². The summed E-state index contributed by atoms with van der Waals surface area (Å²) in [6.45, 7) is 2.56. The van der Waals surface area contributed by atoms with E-state index in [4.69, 9.17) is 16.6 Å². The minimum atomic E-state index is -0.121. The largest absolute Gasteiger partial charge is 0.347 e. The van der Waals surface area contributed by atoms with Crippen molar-refractivity contribution >= 4 is 23.5 Å². The predicted octanol–water partition coefficient (Wildman–Crippen LogP) is 3.88. The monoisotopic (exact) mass is 424 g/mol. The smallest absolute Gasteiger partial charge is 0.257 e.